The maximum absolute atomic E-state index is 12.3. The van der Waals surface area contributed by atoms with Crippen molar-refractivity contribution in [1.82, 2.24) is 0 Å². The van der Waals surface area contributed by atoms with Crippen LogP contribution in [0.2, 0.25) is 0 Å². The Morgan fingerprint density at radius 2 is 0.974 bits per heavy atom. The number of amides is 2. The highest BCUT2D eigenvalue weighted by Crippen LogP contribution is 2.32. The number of hydrogen-bond donors (Lipinski definition) is 6. The fraction of sp³-hybridized carbons (Fsp3) is 0. The third-order valence-corrected chi connectivity index (χ3v) is 6.99. The number of phenols is 2. The standard InChI is InChI=1S/C24H18N2O10S2/c27-21-11-17(37(31,32)33)7-13-1-3-15(9-19(13)21)25-23(29)5-6-24(30)26-16-4-2-14-8-18(38(34,35)36)12-22(28)20(14)10-16/h1-12,27-28H,(H,25,29)(H,26,30)(H,31,32,33)(H,34,35,36)/b6-5+. The fourth-order valence-corrected chi connectivity index (χ4v) is 4.67. The van der Waals surface area contributed by atoms with Crippen LogP contribution in [0.15, 0.2) is 82.6 Å². The lowest BCUT2D eigenvalue weighted by atomic mass is 10.1. The number of nitrogens with one attached hydrogen (secondary N) is 2. The highest BCUT2D eigenvalue weighted by Gasteiger charge is 2.15. The number of carbonyl (C=O) groups excluding carboxylic acids is 2. The summed E-state index contributed by atoms with van der Waals surface area (Å²) < 4.78 is 63.6. The molecular weight excluding hydrogens is 540 g/mol. The first kappa shape index (κ1) is 26.6. The first-order valence-corrected chi connectivity index (χ1v) is 13.4. The average Bonchev–Trinajstić information content (AvgIpc) is 2.82. The third kappa shape index (κ3) is 5.90. The van der Waals surface area contributed by atoms with Crippen LogP contribution in [-0.2, 0) is 29.8 Å². The predicted molar refractivity (Wildman–Crippen MR) is 137 cm³/mol. The Morgan fingerprint density at radius 1 is 0.605 bits per heavy atom. The quantitative estimate of drug-likeness (QED) is 0.151. The molecule has 38 heavy (non-hydrogen) atoms. The van der Waals surface area contributed by atoms with Crippen molar-refractivity contribution in [3.8, 4) is 11.5 Å². The molecule has 0 heterocycles. The van der Waals surface area contributed by atoms with Crippen LogP contribution in [0.1, 0.15) is 0 Å². The van der Waals surface area contributed by atoms with Crippen LogP contribution in [0.3, 0.4) is 0 Å². The number of fused-ring (bicyclic) bond motifs is 2. The molecule has 0 radical (unpaired) electrons. The van der Waals surface area contributed by atoms with Crippen LogP contribution < -0.4 is 10.6 Å². The smallest absolute Gasteiger partial charge is 0.294 e. The second kappa shape index (κ2) is 9.75. The van der Waals surface area contributed by atoms with Crippen molar-refractivity contribution in [2.24, 2.45) is 0 Å². The van der Waals surface area contributed by atoms with Gasteiger partial charge >= 0.3 is 0 Å². The van der Waals surface area contributed by atoms with Crippen LogP contribution >= 0.6 is 0 Å². The summed E-state index contributed by atoms with van der Waals surface area (Å²) in [5, 5.41) is 26.2. The van der Waals surface area contributed by atoms with E-state index in [0.717, 1.165) is 36.4 Å². The molecule has 4 rings (SSSR count). The molecule has 6 N–H and O–H groups in total. The van der Waals surface area contributed by atoms with E-state index in [4.69, 9.17) is 9.11 Å². The summed E-state index contributed by atoms with van der Waals surface area (Å²) >= 11 is 0. The molecule has 0 aromatic heterocycles. The SMILES string of the molecule is O=C(/C=C/C(=O)Nc1ccc2cc(S(=O)(=O)O)cc(O)c2c1)Nc1ccc2cc(S(=O)(=O)O)cc(O)c2c1. The molecule has 12 nitrogen and oxygen atoms in total. The third-order valence-electron chi connectivity index (χ3n) is 5.33. The Kier molecular flexibility index (Phi) is 6.82. The molecule has 2 amide bonds. The van der Waals surface area contributed by atoms with Gasteiger partial charge in [-0.3, -0.25) is 18.7 Å². The van der Waals surface area contributed by atoms with Crippen LogP contribution in [0.25, 0.3) is 21.5 Å². The molecule has 4 aromatic carbocycles. The summed E-state index contributed by atoms with van der Waals surface area (Å²) in [7, 11) is -9.05. The Morgan fingerprint density at radius 3 is 1.32 bits per heavy atom. The highest BCUT2D eigenvalue weighted by atomic mass is 32.2. The summed E-state index contributed by atoms with van der Waals surface area (Å²) in [4.78, 5) is 23.5. The van der Waals surface area contributed by atoms with E-state index in [2.05, 4.69) is 10.6 Å². The van der Waals surface area contributed by atoms with E-state index in [1.807, 2.05) is 0 Å². The largest absolute Gasteiger partial charge is 0.507 e. The minimum atomic E-state index is -4.52. The molecule has 0 unspecified atom stereocenters. The lowest BCUT2D eigenvalue weighted by Gasteiger charge is -2.08. The van der Waals surface area contributed by atoms with E-state index in [-0.39, 0.29) is 22.1 Å². The molecule has 0 bridgehead atoms. The second-order valence-corrected chi connectivity index (χ2v) is 10.9. The molecule has 0 saturated heterocycles. The highest BCUT2D eigenvalue weighted by molar-refractivity contribution is 7.86. The van der Waals surface area contributed by atoms with Crippen LogP contribution in [0.4, 0.5) is 11.4 Å². The summed E-state index contributed by atoms with van der Waals surface area (Å²) in [6.45, 7) is 0. The van der Waals surface area contributed by atoms with Gasteiger partial charge in [-0.05, 0) is 47.2 Å². The lowest BCUT2D eigenvalue weighted by Crippen LogP contribution is -2.12. The zero-order chi connectivity index (χ0) is 27.8. The average molecular weight is 559 g/mol. The van der Waals surface area contributed by atoms with Crippen molar-refractivity contribution in [3.05, 3.63) is 72.8 Å². The van der Waals surface area contributed by atoms with E-state index >= 15 is 0 Å². The summed E-state index contributed by atoms with van der Waals surface area (Å²) in [5.74, 6) is -2.25. The van der Waals surface area contributed by atoms with Crippen LogP contribution in [0, 0.1) is 0 Å². The minimum Gasteiger partial charge on any atom is -0.507 e. The van der Waals surface area contributed by atoms with Gasteiger partial charge in [0.25, 0.3) is 20.2 Å². The summed E-state index contributed by atoms with van der Waals surface area (Å²) in [5.41, 5.74) is 0.466. The Balaban J connectivity index is 1.45. The van der Waals surface area contributed by atoms with Gasteiger partial charge in [0.2, 0.25) is 11.8 Å². The molecule has 4 aromatic rings. The topological polar surface area (TPSA) is 207 Å². The lowest BCUT2D eigenvalue weighted by molar-refractivity contribution is -0.114. The molecule has 0 aliphatic rings. The maximum atomic E-state index is 12.3. The van der Waals surface area contributed by atoms with Gasteiger partial charge < -0.3 is 20.8 Å². The predicted octanol–water partition coefficient (Wildman–Crippen LogP) is 3.03. The number of benzene rings is 4. The monoisotopic (exact) mass is 558 g/mol. The zero-order valence-electron chi connectivity index (χ0n) is 19.0. The number of phenolic OH excluding ortho intramolecular Hbond substituents is 2. The first-order valence-electron chi connectivity index (χ1n) is 10.5. The molecule has 0 saturated carbocycles. The minimum absolute atomic E-state index is 0.209. The molecule has 0 aliphatic heterocycles. The molecule has 14 heteroatoms. The van der Waals surface area contributed by atoms with Crippen molar-refractivity contribution < 1.29 is 45.7 Å². The van der Waals surface area contributed by atoms with E-state index in [0.29, 0.717) is 10.8 Å². The number of anilines is 2. The van der Waals surface area contributed by atoms with E-state index < -0.39 is 53.3 Å². The van der Waals surface area contributed by atoms with E-state index in [1.165, 1.54) is 36.4 Å². The normalized spacial score (nSPS) is 12.2. The van der Waals surface area contributed by atoms with Crippen molar-refractivity contribution in [2.45, 2.75) is 9.79 Å². The Labute approximate surface area is 215 Å². The number of carbonyl (C=O) groups is 2. The van der Waals surface area contributed by atoms with Crippen molar-refractivity contribution >= 4 is 65.0 Å². The van der Waals surface area contributed by atoms with Gasteiger partial charge in [0, 0.05) is 46.4 Å². The Hall–Kier alpha value is -4.50. The van der Waals surface area contributed by atoms with Crippen LogP contribution in [-0.4, -0.2) is 48.0 Å². The van der Waals surface area contributed by atoms with Crippen molar-refractivity contribution in [3.63, 3.8) is 0 Å². The van der Waals surface area contributed by atoms with Crippen molar-refractivity contribution in [1.29, 1.82) is 0 Å². The molecule has 0 spiro atoms. The van der Waals surface area contributed by atoms with Gasteiger partial charge in [0.1, 0.15) is 11.5 Å². The van der Waals surface area contributed by atoms with Gasteiger partial charge in [-0.2, -0.15) is 16.8 Å². The number of aromatic hydroxyl groups is 2. The van der Waals surface area contributed by atoms with Gasteiger partial charge in [0.15, 0.2) is 0 Å². The van der Waals surface area contributed by atoms with Crippen molar-refractivity contribution in [2.75, 3.05) is 10.6 Å². The number of hydrogen-bond acceptors (Lipinski definition) is 8. The van der Waals surface area contributed by atoms with E-state index in [1.54, 1.807) is 0 Å². The van der Waals surface area contributed by atoms with Gasteiger partial charge in [-0.1, -0.05) is 12.1 Å². The fourth-order valence-electron chi connectivity index (χ4n) is 3.60. The van der Waals surface area contributed by atoms with Gasteiger partial charge in [-0.15, -0.1) is 0 Å². The number of rotatable bonds is 6. The van der Waals surface area contributed by atoms with Crippen LogP contribution in [0.5, 0.6) is 11.5 Å². The maximum Gasteiger partial charge on any atom is 0.294 e. The van der Waals surface area contributed by atoms with Gasteiger partial charge in [-0.25, -0.2) is 0 Å². The zero-order valence-corrected chi connectivity index (χ0v) is 20.6. The summed E-state index contributed by atoms with van der Waals surface area (Å²) in [6.07, 6.45) is 1.88. The first-order chi connectivity index (χ1) is 17.7. The second-order valence-electron chi connectivity index (χ2n) is 8.02. The van der Waals surface area contributed by atoms with E-state index in [9.17, 15) is 36.6 Å². The molecule has 0 atom stereocenters. The molecular formula is C24H18N2O10S2. The van der Waals surface area contributed by atoms with Gasteiger partial charge in [0.05, 0.1) is 9.79 Å². The Bertz CT molecular complexity index is 1740. The molecule has 0 aliphatic carbocycles. The molecule has 0 fully saturated rings. The summed E-state index contributed by atoms with van der Waals surface area (Å²) in [6, 6.07) is 12.5. The molecule has 196 valence electrons.